The van der Waals surface area contributed by atoms with Crippen molar-refractivity contribution in [3.63, 3.8) is 0 Å². The zero-order chi connectivity index (χ0) is 15.5. The molecule has 0 aliphatic carbocycles. The molecular weight excluding hydrogens is 287 g/mol. The van der Waals surface area contributed by atoms with Gasteiger partial charge in [-0.05, 0) is 29.5 Å². The number of rotatable bonds is 5. The van der Waals surface area contributed by atoms with Gasteiger partial charge in [0.15, 0.2) is 11.6 Å². The summed E-state index contributed by atoms with van der Waals surface area (Å²) in [4.78, 5) is 0. The number of anilines is 1. The summed E-state index contributed by atoms with van der Waals surface area (Å²) in [6.07, 6.45) is -5.29. The van der Waals surface area contributed by atoms with Crippen LogP contribution in [0.2, 0.25) is 0 Å². The quantitative estimate of drug-likeness (QED) is 0.857. The van der Waals surface area contributed by atoms with Gasteiger partial charge in [-0.3, -0.25) is 0 Å². The van der Waals surface area contributed by atoms with Crippen molar-refractivity contribution in [3.8, 4) is 17.1 Å². The third kappa shape index (κ3) is 3.61. The SMILES string of the molecule is CCOc1c(N)cccc1-c1nnnn1CCC(F)(F)F. The van der Waals surface area contributed by atoms with Gasteiger partial charge in [-0.15, -0.1) is 5.10 Å². The number of benzene rings is 1. The third-order valence-corrected chi connectivity index (χ3v) is 2.71. The number of aryl methyl sites for hydroxylation is 1. The van der Waals surface area contributed by atoms with Crippen LogP contribution in [-0.4, -0.2) is 33.0 Å². The second-order valence-corrected chi connectivity index (χ2v) is 4.25. The maximum atomic E-state index is 12.3. The average Bonchev–Trinajstić information content (AvgIpc) is 2.86. The van der Waals surface area contributed by atoms with Gasteiger partial charge >= 0.3 is 6.18 Å². The standard InChI is InChI=1S/C12H14F3N5O/c1-2-21-10-8(4-3-5-9(10)16)11-17-18-19-20(11)7-6-12(13,14)15/h3-5H,2,6-7,16H2,1H3. The number of tetrazole rings is 1. The van der Waals surface area contributed by atoms with Crippen LogP contribution in [0.25, 0.3) is 11.4 Å². The Morgan fingerprint density at radius 3 is 2.76 bits per heavy atom. The molecule has 2 aromatic rings. The van der Waals surface area contributed by atoms with Gasteiger partial charge in [-0.1, -0.05) is 6.07 Å². The number of alkyl halides is 3. The van der Waals surface area contributed by atoms with E-state index >= 15 is 0 Å². The summed E-state index contributed by atoms with van der Waals surface area (Å²) >= 11 is 0. The summed E-state index contributed by atoms with van der Waals surface area (Å²) in [5.41, 5.74) is 6.66. The molecule has 6 nitrogen and oxygen atoms in total. The lowest BCUT2D eigenvalue weighted by Gasteiger charge is -2.12. The van der Waals surface area contributed by atoms with E-state index < -0.39 is 12.6 Å². The lowest BCUT2D eigenvalue weighted by Crippen LogP contribution is -2.14. The number of para-hydroxylation sites is 1. The minimum atomic E-state index is -4.28. The first kappa shape index (κ1) is 15.1. The van der Waals surface area contributed by atoms with E-state index in [-0.39, 0.29) is 12.4 Å². The molecule has 0 fully saturated rings. The highest BCUT2D eigenvalue weighted by Crippen LogP contribution is 2.34. The Hall–Kier alpha value is -2.32. The monoisotopic (exact) mass is 301 g/mol. The van der Waals surface area contributed by atoms with E-state index in [1.807, 2.05) is 0 Å². The molecule has 2 rings (SSSR count). The summed E-state index contributed by atoms with van der Waals surface area (Å²) in [5, 5.41) is 10.8. The van der Waals surface area contributed by atoms with E-state index in [2.05, 4.69) is 15.5 Å². The summed E-state index contributed by atoms with van der Waals surface area (Å²) in [7, 11) is 0. The van der Waals surface area contributed by atoms with E-state index in [0.29, 0.717) is 23.6 Å². The lowest BCUT2D eigenvalue weighted by molar-refractivity contribution is -0.137. The van der Waals surface area contributed by atoms with E-state index in [9.17, 15) is 13.2 Å². The van der Waals surface area contributed by atoms with Crippen LogP contribution < -0.4 is 10.5 Å². The predicted molar refractivity (Wildman–Crippen MR) is 69.5 cm³/mol. The molecule has 1 aromatic heterocycles. The molecule has 0 saturated carbocycles. The van der Waals surface area contributed by atoms with Crippen molar-refractivity contribution < 1.29 is 17.9 Å². The Labute approximate surface area is 118 Å². The van der Waals surface area contributed by atoms with Gasteiger partial charge < -0.3 is 10.5 Å². The molecule has 0 aliphatic rings. The van der Waals surface area contributed by atoms with Gasteiger partial charge in [0, 0.05) is 0 Å². The number of hydrogen-bond donors (Lipinski definition) is 1. The van der Waals surface area contributed by atoms with Crippen molar-refractivity contribution in [1.29, 1.82) is 0 Å². The molecule has 0 radical (unpaired) electrons. The van der Waals surface area contributed by atoms with Crippen molar-refractivity contribution in [2.24, 2.45) is 0 Å². The highest BCUT2D eigenvalue weighted by Gasteiger charge is 2.28. The normalized spacial score (nSPS) is 11.6. The van der Waals surface area contributed by atoms with E-state index in [1.165, 1.54) is 0 Å². The van der Waals surface area contributed by atoms with Crippen molar-refractivity contribution in [2.45, 2.75) is 26.1 Å². The smallest absolute Gasteiger partial charge is 0.390 e. The first-order valence-electron chi connectivity index (χ1n) is 6.27. The van der Waals surface area contributed by atoms with Crippen molar-refractivity contribution in [3.05, 3.63) is 18.2 Å². The van der Waals surface area contributed by atoms with Crippen LogP contribution in [0.1, 0.15) is 13.3 Å². The third-order valence-electron chi connectivity index (χ3n) is 2.71. The van der Waals surface area contributed by atoms with Gasteiger partial charge in [0.05, 0.1) is 30.8 Å². The van der Waals surface area contributed by atoms with Gasteiger partial charge in [0.2, 0.25) is 0 Å². The van der Waals surface area contributed by atoms with Crippen LogP contribution in [0, 0.1) is 0 Å². The second-order valence-electron chi connectivity index (χ2n) is 4.25. The molecule has 2 N–H and O–H groups in total. The molecule has 0 bridgehead atoms. The molecule has 21 heavy (non-hydrogen) atoms. The predicted octanol–water partition coefficient (Wildman–Crippen LogP) is 2.27. The fraction of sp³-hybridized carbons (Fsp3) is 0.417. The zero-order valence-corrected chi connectivity index (χ0v) is 11.3. The fourth-order valence-corrected chi connectivity index (χ4v) is 1.82. The van der Waals surface area contributed by atoms with Gasteiger partial charge in [-0.25, -0.2) is 4.68 Å². The molecule has 0 atom stereocenters. The number of ether oxygens (including phenoxy) is 1. The van der Waals surface area contributed by atoms with E-state index in [0.717, 1.165) is 4.68 Å². The Morgan fingerprint density at radius 1 is 1.33 bits per heavy atom. The number of aromatic nitrogens is 4. The molecule has 9 heteroatoms. The maximum absolute atomic E-state index is 12.3. The number of nitrogen functional groups attached to an aromatic ring is 1. The topological polar surface area (TPSA) is 78.8 Å². The Kier molecular flexibility index (Phi) is 4.29. The van der Waals surface area contributed by atoms with Crippen LogP contribution >= 0.6 is 0 Å². The molecule has 114 valence electrons. The molecule has 1 aromatic carbocycles. The number of halogens is 3. The molecule has 0 saturated heterocycles. The number of nitrogens with two attached hydrogens (primary N) is 1. The molecule has 0 aliphatic heterocycles. The second kappa shape index (κ2) is 5.98. The van der Waals surface area contributed by atoms with Crippen molar-refractivity contribution in [2.75, 3.05) is 12.3 Å². The maximum Gasteiger partial charge on any atom is 0.390 e. The zero-order valence-electron chi connectivity index (χ0n) is 11.3. The molecule has 0 spiro atoms. The van der Waals surface area contributed by atoms with E-state index in [1.54, 1.807) is 25.1 Å². The highest BCUT2D eigenvalue weighted by atomic mass is 19.4. The number of hydrogen-bond acceptors (Lipinski definition) is 5. The Bertz CT molecular complexity index is 611. The van der Waals surface area contributed by atoms with Crippen molar-refractivity contribution in [1.82, 2.24) is 20.2 Å². The molecule has 1 heterocycles. The lowest BCUT2D eigenvalue weighted by atomic mass is 10.1. The minimum absolute atomic E-state index is 0.190. The van der Waals surface area contributed by atoms with Crippen LogP contribution in [0.3, 0.4) is 0 Å². The number of nitrogens with zero attached hydrogens (tertiary/aromatic N) is 4. The Morgan fingerprint density at radius 2 is 2.10 bits per heavy atom. The minimum Gasteiger partial charge on any atom is -0.491 e. The largest absolute Gasteiger partial charge is 0.491 e. The highest BCUT2D eigenvalue weighted by molar-refractivity contribution is 5.73. The summed E-state index contributed by atoms with van der Waals surface area (Å²) in [5.74, 6) is 0.554. The first-order chi connectivity index (χ1) is 9.92. The van der Waals surface area contributed by atoms with Crippen molar-refractivity contribution >= 4 is 5.69 Å². The van der Waals surface area contributed by atoms with Crippen LogP contribution in [-0.2, 0) is 6.54 Å². The molecular formula is C12H14F3N5O. The first-order valence-corrected chi connectivity index (χ1v) is 6.27. The van der Waals surface area contributed by atoms with Gasteiger partial charge in [0.1, 0.15) is 0 Å². The summed E-state index contributed by atoms with van der Waals surface area (Å²) in [6.45, 7) is 1.78. The van der Waals surface area contributed by atoms with Crippen LogP contribution in [0.5, 0.6) is 5.75 Å². The van der Waals surface area contributed by atoms with Crippen LogP contribution in [0.4, 0.5) is 18.9 Å². The van der Waals surface area contributed by atoms with E-state index in [4.69, 9.17) is 10.5 Å². The van der Waals surface area contributed by atoms with Crippen LogP contribution in [0.15, 0.2) is 18.2 Å². The summed E-state index contributed by atoms with van der Waals surface area (Å²) < 4.78 is 43.5. The van der Waals surface area contributed by atoms with Gasteiger partial charge in [-0.2, -0.15) is 13.2 Å². The van der Waals surface area contributed by atoms with Gasteiger partial charge in [0.25, 0.3) is 0 Å². The average molecular weight is 301 g/mol. The fourth-order valence-electron chi connectivity index (χ4n) is 1.82. The molecule has 0 amide bonds. The molecule has 0 unspecified atom stereocenters. The summed E-state index contributed by atoms with van der Waals surface area (Å²) in [6, 6.07) is 4.95. The Balaban J connectivity index is 2.35.